The third-order valence-corrected chi connectivity index (χ3v) is 3.77. The summed E-state index contributed by atoms with van der Waals surface area (Å²) in [6.07, 6.45) is 8.76. The van der Waals surface area contributed by atoms with Gasteiger partial charge in [0.15, 0.2) is 0 Å². The summed E-state index contributed by atoms with van der Waals surface area (Å²) in [5, 5.41) is 0. The van der Waals surface area contributed by atoms with Crippen LogP contribution in [-0.2, 0) is 14.3 Å². The monoisotopic (exact) mass is 236 g/mol. The highest BCUT2D eigenvalue weighted by Gasteiger charge is 2.34. The number of hydrogen-bond donors (Lipinski definition) is 0. The normalized spacial score (nSPS) is 29.1. The van der Waals surface area contributed by atoms with Crippen molar-refractivity contribution in [1.29, 1.82) is 0 Å². The number of allylic oxidation sites excluding steroid dienone is 2. The average molecular weight is 236 g/mol. The molecule has 1 saturated heterocycles. The second kappa shape index (κ2) is 5.03. The highest BCUT2D eigenvalue weighted by Crippen LogP contribution is 2.32. The molecule has 0 aromatic heterocycles. The molecule has 0 N–H and O–H groups in total. The molecule has 0 amide bonds. The Labute approximate surface area is 102 Å². The van der Waals surface area contributed by atoms with E-state index in [0.29, 0.717) is 25.0 Å². The minimum atomic E-state index is -0.234. The van der Waals surface area contributed by atoms with Gasteiger partial charge < -0.3 is 4.74 Å². The maximum absolute atomic E-state index is 11.1. The fraction of sp³-hybridized carbons (Fsp3) is 0.714. The Balaban J connectivity index is 1.73. The maximum Gasteiger partial charge on any atom is 0.306 e. The van der Waals surface area contributed by atoms with Crippen molar-refractivity contribution in [3.05, 3.63) is 11.6 Å². The van der Waals surface area contributed by atoms with E-state index in [0.717, 1.165) is 32.1 Å². The molecule has 3 heteroatoms. The first-order chi connectivity index (χ1) is 8.07. The summed E-state index contributed by atoms with van der Waals surface area (Å²) < 4.78 is 5.34. The van der Waals surface area contributed by atoms with Gasteiger partial charge in [0.1, 0.15) is 11.4 Å². The van der Waals surface area contributed by atoms with E-state index in [1.165, 1.54) is 5.57 Å². The van der Waals surface area contributed by atoms with Crippen LogP contribution in [-0.4, -0.2) is 17.4 Å². The van der Waals surface area contributed by atoms with E-state index in [2.05, 4.69) is 6.08 Å². The molecule has 1 aliphatic heterocycles. The topological polar surface area (TPSA) is 43.4 Å². The highest BCUT2D eigenvalue weighted by molar-refractivity contribution is 5.81. The lowest BCUT2D eigenvalue weighted by Gasteiger charge is -2.22. The van der Waals surface area contributed by atoms with Crippen molar-refractivity contribution in [2.24, 2.45) is 0 Å². The molecule has 1 fully saturated rings. The molecular weight excluding hydrogens is 216 g/mol. The zero-order chi connectivity index (χ0) is 12.3. The van der Waals surface area contributed by atoms with Crippen molar-refractivity contribution in [2.75, 3.05) is 0 Å². The molecule has 2 aliphatic rings. The first-order valence-electron chi connectivity index (χ1n) is 6.49. The molecule has 17 heavy (non-hydrogen) atoms. The summed E-state index contributed by atoms with van der Waals surface area (Å²) in [7, 11) is 0. The van der Waals surface area contributed by atoms with Crippen LogP contribution in [0.5, 0.6) is 0 Å². The van der Waals surface area contributed by atoms with Crippen molar-refractivity contribution in [2.45, 2.75) is 63.9 Å². The number of carbonyl (C=O) groups excluding carboxylic acids is 2. The van der Waals surface area contributed by atoms with Gasteiger partial charge in [-0.05, 0) is 39.0 Å². The van der Waals surface area contributed by atoms with Gasteiger partial charge in [0.2, 0.25) is 0 Å². The number of carbonyl (C=O) groups is 2. The molecule has 1 heterocycles. The zero-order valence-electron chi connectivity index (χ0n) is 10.5. The molecule has 0 saturated carbocycles. The van der Waals surface area contributed by atoms with Crippen LogP contribution in [0.15, 0.2) is 11.6 Å². The standard InChI is InChI=1S/C14H20O3/c1-14(10-8-13(16)17-14)9-2-3-11-4-6-12(15)7-5-11/h4H,2-3,5-10H2,1H3. The van der Waals surface area contributed by atoms with Crippen LogP contribution in [0, 0.1) is 0 Å². The number of rotatable bonds is 4. The zero-order valence-corrected chi connectivity index (χ0v) is 10.5. The second-order valence-corrected chi connectivity index (χ2v) is 5.38. The summed E-state index contributed by atoms with van der Waals surface area (Å²) in [5.41, 5.74) is 1.17. The van der Waals surface area contributed by atoms with Crippen molar-refractivity contribution >= 4 is 11.8 Å². The Bertz CT molecular complexity index is 356. The van der Waals surface area contributed by atoms with Gasteiger partial charge in [0, 0.05) is 19.3 Å². The van der Waals surface area contributed by atoms with Crippen LogP contribution in [0.1, 0.15) is 58.3 Å². The lowest BCUT2D eigenvalue weighted by atomic mass is 9.90. The van der Waals surface area contributed by atoms with Gasteiger partial charge in [-0.2, -0.15) is 0 Å². The molecule has 0 bridgehead atoms. The molecule has 1 unspecified atom stereocenters. The molecule has 0 spiro atoms. The molecule has 0 radical (unpaired) electrons. The number of Topliss-reactive ketones (excluding diaryl/α,β-unsaturated/α-hetero) is 1. The van der Waals surface area contributed by atoms with Gasteiger partial charge in [-0.3, -0.25) is 9.59 Å². The van der Waals surface area contributed by atoms with Gasteiger partial charge in [0.05, 0.1) is 0 Å². The van der Waals surface area contributed by atoms with Gasteiger partial charge in [-0.25, -0.2) is 0 Å². The van der Waals surface area contributed by atoms with Gasteiger partial charge in [-0.1, -0.05) is 11.6 Å². The summed E-state index contributed by atoms with van der Waals surface area (Å²) in [6.45, 7) is 2.02. The van der Waals surface area contributed by atoms with E-state index in [1.54, 1.807) is 0 Å². The third kappa shape index (κ3) is 3.42. The van der Waals surface area contributed by atoms with Crippen LogP contribution in [0.4, 0.5) is 0 Å². The molecule has 2 rings (SSSR count). The first kappa shape index (κ1) is 12.3. The number of hydrogen-bond acceptors (Lipinski definition) is 3. The lowest BCUT2D eigenvalue weighted by molar-refractivity contribution is -0.147. The molecule has 1 aliphatic carbocycles. The van der Waals surface area contributed by atoms with E-state index >= 15 is 0 Å². The Morgan fingerprint density at radius 3 is 2.71 bits per heavy atom. The predicted molar refractivity (Wildman–Crippen MR) is 64.5 cm³/mol. The number of ether oxygens (including phenoxy) is 1. The quantitative estimate of drug-likeness (QED) is 0.557. The number of cyclic esters (lactones) is 1. The summed E-state index contributed by atoms with van der Waals surface area (Å²) in [6, 6.07) is 0. The average Bonchev–Trinajstić information content (AvgIpc) is 2.62. The molecule has 0 aromatic carbocycles. The Morgan fingerprint density at radius 2 is 2.12 bits per heavy atom. The summed E-state index contributed by atoms with van der Waals surface area (Å²) in [5.74, 6) is 0.292. The predicted octanol–water partition coefficient (Wildman–Crippen LogP) is 2.93. The van der Waals surface area contributed by atoms with Crippen molar-refractivity contribution in [3.8, 4) is 0 Å². The van der Waals surface area contributed by atoms with Crippen LogP contribution in [0.25, 0.3) is 0 Å². The van der Waals surface area contributed by atoms with Crippen molar-refractivity contribution < 1.29 is 14.3 Å². The van der Waals surface area contributed by atoms with Crippen LogP contribution < -0.4 is 0 Å². The van der Waals surface area contributed by atoms with Crippen molar-refractivity contribution in [1.82, 2.24) is 0 Å². The van der Waals surface area contributed by atoms with Gasteiger partial charge in [-0.15, -0.1) is 0 Å². The van der Waals surface area contributed by atoms with E-state index in [4.69, 9.17) is 4.74 Å². The Morgan fingerprint density at radius 1 is 1.29 bits per heavy atom. The van der Waals surface area contributed by atoms with Gasteiger partial charge >= 0.3 is 5.97 Å². The summed E-state index contributed by atoms with van der Waals surface area (Å²) >= 11 is 0. The first-order valence-corrected chi connectivity index (χ1v) is 6.49. The minimum absolute atomic E-state index is 0.0602. The lowest BCUT2D eigenvalue weighted by Crippen LogP contribution is -2.23. The summed E-state index contributed by atoms with van der Waals surface area (Å²) in [4.78, 5) is 22.2. The van der Waals surface area contributed by atoms with E-state index in [1.807, 2.05) is 6.92 Å². The minimum Gasteiger partial charge on any atom is -0.459 e. The Kier molecular flexibility index (Phi) is 3.65. The van der Waals surface area contributed by atoms with E-state index in [9.17, 15) is 9.59 Å². The fourth-order valence-electron chi connectivity index (χ4n) is 2.60. The third-order valence-electron chi connectivity index (χ3n) is 3.77. The molecule has 1 atom stereocenters. The maximum atomic E-state index is 11.1. The van der Waals surface area contributed by atoms with Crippen LogP contribution >= 0.6 is 0 Å². The molecular formula is C14H20O3. The SMILES string of the molecule is CC1(CCCC2=CCC(=O)CC2)CCC(=O)O1. The van der Waals surface area contributed by atoms with Gasteiger partial charge in [0.25, 0.3) is 0 Å². The fourth-order valence-corrected chi connectivity index (χ4v) is 2.60. The molecule has 94 valence electrons. The van der Waals surface area contributed by atoms with E-state index < -0.39 is 0 Å². The van der Waals surface area contributed by atoms with Crippen molar-refractivity contribution in [3.63, 3.8) is 0 Å². The molecule has 0 aromatic rings. The number of esters is 1. The molecule has 3 nitrogen and oxygen atoms in total. The van der Waals surface area contributed by atoms with Crippen LogP contribution in [0.3, 0.4) is 0 Å². The Hall–Kier alpha value is -1.12. The smallest absolute Gasteiger partial charge is 0.306 e. The second-order valence-electron chi connectivity index (χ2n) is 5.38. The largest absolute Gasteiger partial charge is 0.459 e. The highest BCUT2D eigenvalue weighted by atomic mass is 16.6. The number of ketones is 1. The van der Waals surface area contributed by atoms with Crippen LogP contribution in [0.2, 0.25) is 0 Å². The van der Waals surface area contributed by atoms with E-state index in [-0.39, 0.29) is 11.6 Å².